The van der Waals surface area contributed by atoms with E-state index in [-0.39, 0.29) is 12.5 Å². The van der Waals surface area contributed by atoms with Crippen molar-refractivity contribution in [2.24, 2.45) is 0 Å². The fourth-order valence-electron chi connectivity index (χ4n) is 1.76. The molecule has 1 atom stereocenters. The van der Waals surface area contributed by atoms with Crippen LogP contribution in [0.5, 0.6) is 0 Å². The lowest BCUT2D eigenvalue weighted by Gasteiger charge is -2.13. The zero-order valence-corrected chi connectivity index (χ0v) is 13.3. The molecule has 1 amide bonds. The third-order valence-electron chi connectivity index (χ3n) is 2.80. The zero-order valence-electron chi connectivity index (χ0n) is 10.4. The van der Waals surface area contributed by atoms with Gasteiger partial charge in [-0.05, 0) is 34.2 Å². The van der Waals surface area contributed by atoms with Gasteiger partial charge in [0.05, 0.1) is 14.4 Å². The maximum Gasteiger partial charge on any atom is 0.312 e. The van der Waals surface area contributed by atoms with Crippen LogP contribution in [0.2, 0.25) is 0 Å². The van der Waals surface area contributed by atoms with Crippen LogP contribution in [0.3, 0.4) is 0 Å². The van der Waals surface area contributed by atoms with E-state index in [1.807, 2.05) is 6.07 Å². The van der Waals surface area contributed by atoms with E-state index in [1.165, 1.54) is 11.3 Å². The summed E-state index contributed by atoms with van der Waals surface area (Å²) < 4.78 is 1.02. The third kappa shape index (κ3) is 3.80. The Morgan fingerprint density at radius 1 is 1.30 bits per heavy atom. The summed E-state index contributed by atoms with van der Waals surface area (Å²) in [5.41, 5.74) is 1.25. The van der Waals surface area contributed by atoms with Crippen LogP contribution in [0.15, 0.2) is 41.8 Å². The molecule has 0 aliphatic heterocycles. The average molecular weight is 401 g/mol. The van der Waals surface area contributed by atoms with E-state index in [9.17, 15) is 14.7 Å². The van der Waals surface area contributed by atoms with E-state index in [1.54, 1.807) is 35.7 Å². The molecule has 1 aromatic heterocycles. The first-order chi connectivity index (χ1) is 9.58. The van der Waals surface area contributed by atoms with Crippen molar-refractivity contribution >= 4 is 45.8 Å². The predicted molar refractivity (Wildman–Crippen MR) is 86.2 cm³/mol. The SMILES string of the molecule is O=C(NCC(C(=O)O)c1ccccc1)c1csc(I)c1. The largest absolute Gasteiger partial charge is 0.481 e. The van der Waals surface area contributed by atoms with Gasteiger partial charge in [-0.25, -0.2) is 0 Å². The highest BCUT2D eigenvalue weighted by atomic mass is 127. The van der Waals surface area contributed by atoms with Crippen LogP contribution in [-0.2, 0) is 4.79 Å². The number of benzene rings is 1. The molecule has 1 unspecified atom stereocenters. The van der Waals surface area contributed by atoms with Crippen molar-refractivity contribution in [3.63, 3.8) is 0 Å². The second-order valence-corrected chi connectivity index (χ2v) is 6.96. The third-order valence-corrected chi connectivity index (χ3v) is 4.59. The number of aliphatic carboxylic acids is 1. The Hall–Kier alpha value is -1.41. The van der Waals surface area contributed by atoms with Gasteiger partial charge in [-0.2, -0.15) is 0 Å². The highest BCUT2D eigenvalue weighted by molar-refractivity contribution is 14.1. The van der Waals surface area contributed by atoms with Gasteiger partial charge in [-0.1, -0.05) is 30.3 Å². The summed E-state index contributed by atoms with van der Waals surface area (Å²) in [7, 11) is 0. The molecule has 0 aliphatic carbocycles. The van der Waals surface area contributed by atoms with Gasteiger partial charge in [-0.15, -0.1) is 11.3 Å². The van der Waals surface area contributed by atoms with Crippen molar-refractivity contribution < 1.29 is 14.7 Å². The molecule has 0 saturated carbocycles. The van der Waals surface area contributed by atoms with Gasteiger partial charge in [-0.3, -0.25) is 9.59 Å². The molecule has 0 radical (unpaired) electrons. The lowest BCUT2D eigenvalue weighted by molar-refractivity contribution is -0.138. The van der Waals surface area contributed by atoms with Gasteiger partial charge in [0, 0.05) is 11.9 Å². The normalized spacial score (nSPS) is 11.8. The minimum absolute atomic E-state index is 0.0740. The highest BCUT2D eigenvalue weighted by Gasteiger charge is 2.20. The number of carbonyl (C=O) groups excluding carboxylic acids is 1. The summed E-state index contributed by atoms with van der Waals surface area (Å²) in [5.74, 6) is -1.93. The van der Waals surface area contributed by atoms with Crippen molar-refractivity contribution in [3.8, 4) is 0 Å². The van der Waals surface area contributed by atoms with Gasteiger partial charge in [0.2, 0.25) is 0 Å². The summed E-state index contributed by atoms with van der Waals surface area (Å²) >= 11 is 3.62. The second-order valence-electron chi connectivity index (χ2n) is 4.15. The molecule has 0 bridgehead atoms. The molecule has 0 fully saturated rings. The van der Waals surface area contributed by atoms with Crippen LogP contribution in [0.25, 0.3) is 0 Å². The summed E-state index contributed by atoms with van der Waals surface area (Å²) in [6, 6.07) is 10.7. The van der Waals surface area contributed by atoms with Gasteiger partial charge in [0.15, 0.2) is 0 Å². The molecule has 2 N–H and O–H groups in total. The lowest BCUT2D eigenvalue weighted by Crippen LogP contribution is -2.31. The molecule has 0 spiro atoms. The van der Waals surface area contributed by atoms with Crippen LogP contribution < -0.4 is 5.32 Å². The number of hydrogen-bond acceptors (Lipinski definition) is 3. The zero-order chi connectivity index (χ0) is 14.5. The fourth-order valence-corrected chi connectivity index (χ4v) is 3.09. The van der Waals surface area contributed by atoms with E-state index in [0.29, 0.717) is 11.1 Å². The first-order valence-electron chi connectivity index (χ1n) is 5.88. The number of carbonyl (C=O) groups is 2. The molecule has 0 aliphatic rings. The Labute approximate surface area is 134 Å². The summed E-state index contributed by atoms with van der Waals surface area (Å²) in [6.45, 7) is 0.0740. The number of carboxylic acid groups (broad SMARTS) is 1. The quantitative estimate of drug-likeness (QED) is 0.758. The van der Waals surface area contributed by atoms with Crippen LogP contribution >= 0.6 is 33.9 Å². The number of thiophene rings is 1. The minimum atomic E-state index is -0.948. The minimum Gasteiger partial charge on any atom is -0.481 e. The fraction of sp³-hybridized carbons (Fsp3) is 0.143. The summed E-state index contributed by atoms with van der Waals surface area (Å²) in [5, 5.41) is 13.7. The highest BCUT2D eigenvalue weighted by Crippen LogP contribution is 2.18. The molecular formula is C14H12INO3S. The maximum absolute atomic E-state index is 11.9. The number of hydrogen-bond donors (Lipinski definition) is 2. The van der Waals surface area contributed by atoms with E-state index in [2.05, 4.69) is 27.9 Å². The van der Waals surface area contributed by atoms with Gasteiger partial charge >= 0.3 is 5.97 Å². The Morgan fingerprint density at radius 3 is 2.55 bits per heavy atom. The number of rotatable bonds is 5. The Kier molecular flexibility index (Phi) is 5.13. The second kappa shape index (κ2) is 6.85. The monoisotopic (exact) mass is 401 g/mol. The molecule has 1 aromatic carbocycles. The molecule has 20 heavy (non-hydrogen) atoms. The molecule has 4 nitrogen and oxygen atoms in total. The Morgan fingerprint density at radius 2 is 2.00 bits per heavy atom. The Balaban J connectivity index is 2.03. The van der Waals surface area contributed by atoms with Gasteiger partial charge in [0.1, 0.15) is 0 Å². The standard InChI is InChI=1S/C14H12INO3S/c15-12-6-10(8-20-12)13(17)16-7-11(14(18)19)9-4-2-1-3-5-9/h1-6,8,11H,7H2,(H,16,17)(H,18,19). The van der Waals surface area contributed by atoms with Crippen LogP contribution in [0.1, 0.15) is 21.8 Å². The van der Waals surface area contributed by atoms with Crippen molar-refractivity contribution in [1.82, 2.24) is 5.32 Å². The number of nitrogens with one attached hydrogen (secondary N) is 1. The molecule has 0 saturated heterocycles. The molecule has 1 heterocycles. The summed E-state index contributed by atoms with van der Waals surface area (Å²) in [6.07, 6.45) is 0. The predicted octanol–water partition coefficient (Wildman–Crippen LogP) is 2.95. The van der Waals surface area contributed by atoms with Crippen LogP contribution in [-0.4, -0.2) is 23.5 Å². The number of carboxylic acids is 1. The molecule has 2 rings (SSSR count). The van der Waals surface area contributed by atoms with E-state index in [4.69, 9.17) is 0 Å². The van der Waals surface area contributed by atoms with E-state index >= 15 is 0 Å². The molecular weight excluding hydrogens is 389 g/mol. The van der Waals surface area contributed by atoms with Gasteiger partial charge in [0.25, 0.3) is 5.91 Å². The lowest BCUT2D eigenvalue weighted by atomic mass is 9.99. The van der Waals surface area contributed by atoms with Crippen LogP contribution in [0.4, 0.5) is 0 Å². The molecule has 104 valence electrons. The van der Waals surface area contributed by atoms with Gasteiger partial charge < -0.3 is 10.4 Å². The molecule has 2 aromatic rings. The van der Waals surface area contributed by atoms with Crippen molar-refractivity contribution in [2.45, 2.75) is 5.92 Å². The number of halogens is 1. The Bertz CT molecular complexity index is 612. The molecule has 6 heteroatoms. The van der Waals surface area contributed by atoms with E-state index < -0.39 is 11.9 Å². The van der Waals surface area contributed by atoms with Crippen molar-refractivity contribution in [3.05, 3.63) is 55.8 Å². The van der Waals surface area contributed by atoms with Crippen LogP contribution in [0, 0.1) is 2.88 Å². The van der Waals surface area contributed by atoms with E-state index in [0.717, 1.165) is 2.88 Å². The number of amides is 1. The smallest absolute Gasteiger partial charge is 0.312 e. The van der Waals surface area contributed by atoms with Crippen molar-refractivity contribution in [1.29, 1.82) is 0 Å². The van der Waals surface area contributed by atoms with Crippen molar-refractivity contribution in [2.75, 3.05) is 6.54 Å². The first-order valence-corrected chi connectivity index (χ1v) is 7.83. The first kappa shape index (κ1) is 15.0. The average Bonchev–Trinajstić information content (AvgIpc) is 2.86. The summed E-state index contributed by atoms with van der Waals surface area (Å²) in [4.78, 5) is 23.2. The topological polar surface area (TPSA) is 66.4 Å². The maximum atomic E-state index is 11.9.